The lowest BCUT2D eigenvalue weighted by atomic mass is 9.49. The molecule has 0 radical (unpaired) electrons. The zero-order chi connectivity index (χ0) is 15.3. The number of hydrogen-bond acceptors (Lipinski definition) is 5. The third-order valence-corrected chi connectivity index (χ3v) is 6.70. The number of phenolic OH excluding ortho intramolecular Hbond substituents is 1. The van der Waals surface area contributed by atoms with Gasteiger partial charge in [0, 0.05) is 11.6 Å². The molecule has 2 heterocycles. The van der Waals surface area contributed by atoms with Gasteiger partial charge in [-0.1, -0.05) is 6.07 Å². The molecular formula is C17H21NO4. The predicted molar refractivity (Wildman–Crippen MR) is 79.1 cm³/mol. The van der Waals surface area contributed by atoms with E-state index in [0.29, 0.717) is 18.6 Å². The highest BCUT2D eigenvalue weighted by Gasteiger charge is 2.72. The molecule has 5 rings (SSSR count). The monoisotopic (exact) mass is 303 g/mol. The van der Waals surface area contributed by atoms with Gasteiger partial charge in [0.1, 0.15) is 6.10 Å². The molecule has 0 amide bonds. The zero-order valence-electron chi connectivity index (χ0n) is 12.6. The van der Waals surface area contributed by atoms with Crippen molar-refractivity contribution in [3.05, 3.63) is 23.3 Å². The second-order valence-electron chi connectivity index (χ2n) is 7.44. The number of hydrogen-bond donors (Lipinski definition) is 3. The number of aliphatic hydroxyl groups excluding tert-OH is 1. The van der Waals surface area contributed by atoms with Crippen LogP contribution < -0.4 is 4.74 Å². The van der Waals surface area contributed by atoms with Crippen LogP contribution in [0.4, 0.5) is 0 Å². The number of phenols is 1. The first-order chi connectivity index (χ1) is 10.5. The molecule has 22 heavy (non-hydrogen) atoms. The summed E-state index contributed by atoms with van der Waals surface area (Å²) in [4.78, 5) is 2.24. The highest BCUT2D eigenvalue weighted by atomic mass is 16.5. The van der Waals surface area contributed by atoms with Crippen LogP contribution in [-0.2, 0) is 11.8 Å². The molecule has 118 valence electrons. The summed E-state index contributed by atoms with van der Waals surface area (Å²) >= 11 is 0. The molecule has 1 aromatic carbocycles. The maximum absolute atomic E-state index is 11.7. The SMILES string of the molecule is CN1CC[C@]23c4c5ccc(O)c4O[C@H]2[C@@H](O)CCC3(O)[C@H]1C5. The van der Waals surface area contributed by atoms with Crippen LogP contribution in [0.3, 0.4) is 0 Å². The summed E-state index contributed by atoms with van der Waals surface area (Å²) in [5.41, 5.74) is 0.633. The number of aliphatic hydroxyl groups is 2. The Bertz CT molecular complexity index is 677. The summed E-state index contributed by atoms with van der Waals surface area (Å²) in [5.74, 6) is 0.610. The van der Waals surface area contributed by atoms with Crippen LogP contribution in [0.25, 0.3) is 0 Å². The van der Waals surface area contributed by atoms with Crippen LogP contribution in [0, 0.1) is 0 Å². The first-order valence-electron chi connectivity index (χ1n) is 8.12. The molecular weight excluding hydrogens is 282 g/mol. The number of ether oxygens (including phenoxy) is 1. The summed E-state index contributed by atoms with van der Waals surface area (Å²) in [6.45, 7) is 0.869. The van der Waals surface area contributed by atoms with Crippen molar-refractivity contribution in [2.24, 2.45) is 0 Å². The Morgan fingerprint density at radius 3 is 2.95 bits per heavy atom. The van der Waals surface area contributed by atoms with Gasteiger partial charge in [-0.05, 0) is 50.9 Å². The van der Waals surface area contributed by atoms with Gasteiger partial charge in [-0.2, -0.15) is 0 Å². The molecule has 0 aromatic heterocycles. The van der Waals surface area contributed by atoms with Gasteiger partial charge in [0.05, 0.1) is 17.1 Å². The maximum atomic E-state index is 11.7. The fraction of sp³-hybridized carbons (Fsp3) is 0.647. The van der Waals surface area contributed by atoms with E-state index in [1.807, 2.05) is 6.07 Å². The highest BCUT2D eigenvalue weighted by Crippen LogP contribution is 2.65. The molecule has 1 saturated heterocycles. The summed E-state index contributed by atoms with van der Waals surface area (Å²) in [6, 6.07) is 3.67. The van der Waals surface area contributed by atoms with E-state index in [9.17, 15) is 15.3 Å². The molecule has 5 atom stereocenters. The summed E-state index contributed by atoms with van der Waals surface area (Å²) in [6.07, 6.45) is 1.59. The van der Waals surface area contributed by atoms with Crippen molar-refractivity contribution < 1.29 is 20.1 Å². The van der Waals surface area contributed by atoms with E-state index in [-0.39, 0.29) is 11.8 Å². The van der Waals surface area contributed by atoms with Crippen LogP contribution in [0.2, 0.25) is 0 Å². The van der Waals surface area contributed by atoms with Crippen molar-refractivity contribution in [1.82, 2.24) is 4.90 Å². The molecule has 5 nitrogen and oxygen atoms in total. The standard InChI is InChI=1S/C17H21NO4/c1-18-7-6-16-13-9-2-3-10(19)14(13)22-15(16)11(20)4-5-17(16,21)12(18)8-9/h2-3,11-12,15,19-21H,4-8H2,1H3/t11-,12+,15-,16-,17?/m0/s1. The second kappa shape index (κ2) is 3.78. The van der Waals surface area contributed by atoms with E-state index < -0.39 is 23.2 Å². The van der Waals surface area contributed by atoms with Crippen LogP contribution in [0.5, 0.6) is 11.5 Å². The number of likely N-dealkylation sites (tertiary alicyclic amines) is 1. The van der Waals surface area contributed by atoms with Gasteiger partial charge in [-0.3, -0.25) is 0 Å². The normalized spacial score (nSPS) is 45.3. The first kappa shape index (κ1) is 13.2. The predicted octanol–water partition coefficient (Wildman–Crippen LogP) is 0.537. The molecule has 2 bridgehead atoms. The van der Waals surface area contributed by atoms with E-state index in [1.54, 1.807) is 6.07 Å². The number of aromatic hydroxyl groups is 1. The summed E-state index contributed by atoms with van der Waals surface area (Å²) < 4.78 is 6.04. The maximum Gasteiger partial charge on any atom is 0.165 e. The molecule has 3 N–H and O–H groups in total. The van der Waals surface area contributed by atoms with Gasteiger partial charge < -0.3 is 25.0 Å². The number of nitrogens with zero attached hydrogens (tertiary/aromatic N) is 1. The molecule has 2 fully saturated rings. The second-order valence-corrected chi connectivity index (χ2v) is 7.44. The van der Waals surface area contributed by atoms with Crippen molar-refractivity contribution in [3.8, 4) is 11.5 Å². The third kappa shape index (κ3) is 1.17. The Hall–Kier alpha value is -1.30. The zero-order valence-corrected chi connectivity index (χ0v) is 12.6. The number of benzene rings is 1. The van der Waals surface area contributed by atoms with Crippen molar-refractivity contribution in [3.63, 3.8) is 0 Å². The number of rotatable bonds is 0. The molecule has 1 unspecified atom stereocenters. The molecule has 1 saturated carbocycles. The van der Waals surface area contributed by atoms with Crippen molar-refractivity contribution in [1.29, 1.82) is 0 Å². The molecule has 2 aliphatic carbocycles. The topological polar surface area (TPSA) is 73.2 Å². The fourth-order valence-electron chi connectivity index (χ4n) is 5.73. The quantitative estimate of drug-likeness (QED) is 0.652. The van der Waals surface area contributed by atoms with Gasteiger partial charge in [-0.15, -0.1) is 0 Å². The minimum Gasteiger partial charge on any atom is -0.504 e. The average molecular weight is 303 g/mol. The van der Waals surface area contributed by atoms with E-state index >= 15 is 0 Å². The van der Waals surface area contributed by atoms with Crippen LogP contribution in [0.15, 0.2) is 12.1 Å². The van der Waals surface area contributed by atoms with Crippen molar-refractivity contribution in [2.75, 3.05) is 13.6 Å². The van der Waals surface area contributed by atoms with Crippen molar-refractivity contribution in [2.45, 2.75) is 54.9 Å². The van der Waals surface area contributed by atoms with Gasteiger partial charge in [0.25, 0.3) is 0 Å². The van der Waals surface area contributed by atoms with Gasteiger partial charge in [-0.25, -0.2) is 0 Å². The Kier molecular flexibility index (Phi) is 2.26. The lowest BCUT2D eigenvalue weighted by molar-refractivity contribution is -0.204. The van der Waals surface area contributed by atoms with Crippen LogP contribution in [0.1, 0.15) is 30.4 Å². The van der Waals surface area contributed by atoms with Gasteiger partial charge in [0.2, 0.25) is 0 Å². The fourth-order valence-corrected chi connectivity index (χ4v) is 5.73. The Morgan fingerprint density at radius 2 is 2.14 bits per heavy atom. The van der Waals surface area contributed by atoms with E-state index in [1.165, 1.54) is 0 Å². The van der Waals surface area contributed by atoms with Gasteiger partial charge >= 0.3 is 0 Å². The minimum atomic E-state index is -0.893. The minimum absolute atomic E-state index is 0.0443. The van der Waals surface area contributed by atoms with E-state index in [4.69, 9.17) is 4.74 Å². The molecule has 1 spiro atoms. The first-order valence-corrected chi connectivity index (χ1v) is 8.12. The van der Waals surface area contributed by atoms with Crippen molar-refractivity contribution >= 4 is 0 Å². The van der Waals surface area contributed by atoms with Gasteiger partial charge in [0.15, 0.2) is 11.5 Å². The van der Waals surface area contributed by atoms with E-state index in [0.717, 1.165) is 30.5 Å². The Balaban J connectivity index is 1.86. The smallest absolute Gasteiger partial charge is 0.165 e. The summed E-state index contributed by atoms with van der Waals surface area (Å²) in [7, 11) is 2.07. The number of likely N-dealkylation sites (N-methyl/N-ethyl adjacent to an activating group) is 1. The molecule has 4 aliphatic rings. The molecule has 1 aromatic rings. The average Bonchev–Trinajstić information content (AvgIpc) is 2.85. The third-order valence-electron chi connectivity index (χ3n) is 6.70. The molecule has 5 heteroatoms. The van der Waals surface area contributed by atoms with Crippen LogP contribution >= 0.6 is 0 Å². The van der Waals surface area contributed by atoms with Crippen LogP contribution in [-0.4, -0.2) is 57.7 Å². The largest absolute Gasteiger partial charge is 0.504 e. The Morgan fingerprint density at radius 1 is 1.32 bits per heavy atom. The lowest BCUT2D eigenvalue weighted by Crippen LogP contribution is -2.76. The number of piperidine rings is 1. The highest BCUT2D eigenvalue weighted by molar-refractivity contribution is 5.62. The van der Waals surface area contributed by atoms with E-state index in [2.05, 4.69) is 11.9 Å². The Labute approximate surface area is 129 Å². The summed E-state index contributed by atoms with van der Waals surface area (Å²) in [5, 5.41) is 32.4. The molecule has 2 aliphatic heterocycles. The lowest BCUT2D eigenvalue weighted by Gasteiger charge is -2.63.